The molecule has 1 amide bonds. The summed E-state index contributed by atoms with van der Waals surface area (Å²) in [7, 11) is 1.85. The average molecular weight is 336 g/mol. The van der Waals surface area contributed by atoms with Crippen molar-refractivity contribution in [2.75, 3.05) is 7.05 Å². The van der Waals surface area contributed by atoms with Gasteiger partial charge in [0.2, 0.25) is 5.91 Å². The molecule has 0 aliphatic heterocycles. The third-order valence-corrected chi connectivity index (χ3v) is 4.94. The second kappa shape index (κ2) is 7.41. The highest BCUT2D eigenvalue weighted by Crippen LogP contribution is 2.23. The first kappa shape index (κ1) is 16.4. The van der Waals surface area contributed by atoms with Gasteiger partial charge in [0.25, 0.3) is 0 Å². The summed E-state index contributed by atoms with van der Waals surface area (Å²) in [6.45, 7) is 2.70. The van der Waals surface area contributed by atoms with Gasteiger partial charge in [0.05, 0.1) is 12.1 Å². The number of hydrogen-bond acceptors (Lipinski definition) is 3. The van der Waals surface area contributed by atoms with Crippen LogP contribution in [0.25, 0.3) is 10.6 Å². The topological polar surface area (TPSA) is 33.2 Å². The summed E-state index contributed by atoms with van der Waals surface area (Å²) < 4.78 is 0. The summed E-state index contributed by atoms with van der Waals surface area (Å²) in [6.07, 6.45) is 0.339. The van der Waals surface area contributed by atoms with Gasteiger partial charge in [-0.1, -0.05) is 54.6 Å². The van der Waals surface area contributed by atoms with E-state index >= 15 is 0 Å². The molecule has 24 heavy (non-hydrogen) atoms. The number of nitrogens with zero attached hydrogens (tertiary/aromatic N) is 2. The standard InChI is InChI=1S/C20H20N2OS/c1-15-8-6-7-11-17(15)13-22(2)19(23)12-18-14-24-20(21-18)16-9-4-3-5-10-16/h3-11,14H,12-13H2,1-2H3. The quantitative estimate of drug-likeness (QED) is 0.695. The van der Waals surface area contributed by atoms with Crippen LogP contribution in [0.3, 0.4) is 0 Å². The zero-order valence-corrected chi connectivity index (χ0v) is 14.7. The third kappa shape index (κ3) is 3.89. The molecule has 2 aromatic carbocycles. The van der Waals surface area contributed by atoms with Crippen LogP contribution in [-0.4, -0.2) is 22.8 Å². The van der Waals surface area contributed by atoms with E-state index in [0.29, 0.717) is 13.0 Å². The largest absolute Gasteiger partial charge is 0.341 e. The lowest BCUT2D eigenvalue weighted by atomic mass is 10.1. The van der Waals surface area contributed by atoms with Crippen LogP contribution < -0.4 is 0 Å². The maximum absolute atomic E-state index is 12.5. The highest BCUT2D eigenvalue weighted by Gasteiger charge is 2.13. The summed E-state index contributed by atoms with van der Waals surface area (Å²) in [6, 6.07) is 18.2. The zero-order chi connectivity index (χ0) is 16.9. The molecule has 0 atom stereocenters. The minimum atomic E-state index is 0.0863. The molecule has 0 fully saturated rings. The van der Waals surface area contributed by atoms with Gasteiger partial charge in [0.1, 0.15) is 5.01 Å². The van der Waals surface area contributed by atoms with Crippen LogP contribution in [0.15, 0.2) is 60.0 Å². The molecule has 0 radical (unpaired) electrons. The zero-order valence-electron chi connectivity index (χ0n) is 13.9. The smallest absolute Gasteiger partial charge is 0.228 e. The van der Waals surface area contributed by atoms with E-state index in [1.165, 1.54) is 11.1 Å². The minimum absolute atomic E-state index is 0.0863. The normalized spacial score (nSPS) is 10.6. The molecule has 0 aliphatic rings. The van der Waals surface area contributed by atoms with Gasteiger partial charge in [-0.15, -0.1) is 11.3 Å². The SMILES string of the molecule is Cc1ccccc1CN(C)C(=O)Cc1csc(-c2ccccc2)n1. The molecule has 0 bridgehead atoms. The Morgan fingerprint density at radius 3 is 2.54 bits per heavy atom. The summed E-state index contributed by atoms with van der Waals surface area (Å²) in [4.78, 5) is 18.8. The van der Waals surface area contributed by atoms with Crippen LogP contribution in [0.1, 0.15) is 16.8 Å². The monoisotopic (exact) mass is 336 g/mol. The fraction of sp³-hybridized carbons (Fsp3) is 0.200. The number of amides is 1. The van der Waals surface area contributed by atoms with Crippen molar-refractivity contribution in [1.82, 2.24) is 9.88 Å². The van der Waals surface area contributed by atoms with Crippen molar-refractivity contribution in [3.63, 3.8) is 0 Å². The molecule has 4 heteroatoms. The Labute approximate surface area is 146 Å². The van der Waals surface area contributed by atoms with Gasteiger partial charge in [-0.3, -0.25) is 4.79 Å². The second-order valence-electron chi connectivity index (χ2n) is 5.86. The molecule has 0 unspecified atom stereocenters. The van der Waals surface area contributed by atoms with E-state index in [2.05, 4.69) is 24.0 Å². The van der Waals surface area contributed by atoms with Gasteiger partial charge in [-0.25, -0.2) is 4.98 Å². The third-order valence-electron chi connectivity index (χ3n) is 4.00. The van der Waals surface area contributed by atoms with Gasteiger partial charge in [0.15, 0.2) is 0 Å². The number of aryl methyl sites for hydroxylation is 1. The van der Waals surface area contributed by atoms with Crippen LogP contribution in [0, 0.1) is 6.92 Å². The number of thiazole rings is 1. The van der Waals surface area contributed by atoms with E-state index in [-0.39, 0.29) is 5.91 Å². The number of rotatable bonds is 5. The average Bonchev–Trinajstić information content (AvgIpc) is 3.06. The Balaban J connectivity index is 1.65. The maximum Gasteiger partial charge on any atom is 0.228 e. The fourth-order valence-electron chi connectivity index (χ4n) is 2.52. The predicted molar refractivity (Wildman–Crippen MR) is 98.9 cm³/mol. The number of hydrogen-bond donors (Lipinski definition) is 0. The molecule has 0 aliphatic carbocycles. The van der Waals surface area contributed by atoms with Crippen LogP contribution >= 0.6 is 11.3 Å². The van der Waals surface area contributed by atoms with Crippen LogP contribution in [0.5, 0.6) is 0 Å². The van der Waals surface area contributed by atoms with Crippen LogP contribution in [-0.2, 0) is 17.8 Å². The van der Waals surface area contributed by atoms with E-state index in [9.17, 15) is 4.79 Å². The van der Waals surface area contributed by atoms with Gasteiger partial charge in [-0.2, -0.15) is 0 Å². The lowest BCUT2D eigenvalue weighted by molar-refractivity contribution is -0.129. The number of carbonyl (C=O) groups excluding carboxylic acids is 1. The fourth-order valence-corrected chi connectivity index (χ4v) is 3.35. The van der Waals surface area contributed by atoms with Crippen molar-refractivity contribution in [3.05, 3.63) is 76.8 Å². The molecular formula is C20H20N2OS. The van der Waals surface area contributed by atoms with Gasteiger partial charge in [0, 0.05) is 24.5 Å². The van der Waals surface area contributed by atoms with Gasteiger partial charge >= 0.3 is 0 Å². The molecule has 0 saturated heterocycles. The minimum Gasteiger partial charge on any atom is -0.341 e. The highest BCUT2D eigenvalue weighted by atomic mass is 32.1. The van der Waals surface area contributed by atoms with Crippen molar-refractivity contribution in [3.8, 4) is 10.6 Å². The number of benzene rings is 2. The Kier molecular flexibility index (Phi) is 5.06. The molecular weight excluding hydrogens is 316 g/mol. The van der Waals surface area contributed by atoms with E-state index < -0.39 is 0 Å². The molecule has 3 aromatic rings. The summed E-state index contributed by atoms with van der Waals surface area (Å²) in [5.74, 6) is 0.0863. The number of carbonyl (C=O) groups is 1. The Bertz CT molecular complexity index is 826. The van der Waals surface area contributed by atoms with Crippen molar-refractivity contribution in [2.24, 2.45) is 0 Å². The van der Waals surface area contributed by atoms with Crippen molar-refractivity contribution in [2.45, 2.75) is 19.9 Å². The molecule has 0 N–H and O–H groups in total. The van der Waals surface area contributed by atoms with Crippen LogP contribution in [0.4, 0.5) is 0 Å². The molecule has 3 rings (SSSR count). The Morgan fingerprint density at radius 1 is 1.08 bits per heavy atom. The maximum atomic E-state index is 12.5. The van der Waals surface area contributed by atoms with Gasteiger partial charge in [-0.05, 0) is 18.1 Å². The van der Waals surface area contributed by atoms with Crippen molar-refractivity contribution in [1.29, 1.82) is 0 Å². The summed E-state index contributed by atoms with van der Waals surface area (Å²) in [5.41, 5.74) is 4.31. The molecule has 3 nitrogen and oxygen atoms in total. The van der Waals surface area contributed by atoms with Crippen molar-refractivity contribution >= 4 is 17.2 Å². The number of aromatic nitrogens is 1. The first-order valence-electron chi connectivity index (χ1n) is 7.92. The Hall–Kier alpha value is -2.46. The van der Waals surface area contributed by atoms with E-state index in [4.69, 9.17) is 0 Å². The lowest BCUT2D eigenvalue weighted by Gasteiger charge is -2.18. The van der Waals surface area contributed by atoms with Crippen LogP contribution in [0.2, 0.25) is 0 Å². The lowest BCUT2D eigenvalue weighted by Crippen LogP contribution is -2.28. The predicted octanol–water partition coefficient (Wildman–Crippen LogP) is 4.32. The highest BCUT2D eigenvalue weighted by molar-refractivity contribution is 7.13. The summed E-state index contributed by atoms with van der Waals surface area (Å²) >= 11 is 1.58. The van der Waals surface area contributed by atoms with E-state index in [0.717, 1.165) is 16.3 Å². The molecule has 122 valence electrons. The first-order chi connectivity index (χ1) is 11.6. The second-order valence-corrected chi connectivity index (χ2v) is 6.72. The molecule has 1 heterocycles. The van der Waals surface area contributed by atoms with E-state index in [1.54, 1.807) is 16.2 Å². The van der Waals surface area contributed by atoms with Crippen molar-refractivity contribution < 1.29 is 4.79 Å². The Morgan fingerprint density at radius 2 is 1.79 bits per heavy atom. The molecule has 0 saturated carbocycles. The van der Waals surface area contributed by atoms with E-state index in [1.807, 2.05) is 54.9 Å². The number of likely N-dealkylation sites (N-methyl/N-ethyl adjacent to an activating group) is 1. The molecule has 0 spiro atoms. The molecule has 1 aromatic heterocycles. The summed E-state index contributed by atoms with van der Waals surface area (Å²) in [5, 5.41) is 2.93. The first-order valence-corrected chi connectivity index (χ1v) is 8.80. The van der Waals surface area contributed by atoms with Gasteiger partial charge < -0.3 is 4.90 Å².